The third-order valence-electron chi connectivity index (χ3n) is 4.22. The van der Waals surface area contributed by atoms with Gasteiger partial charge in [0.2, 0.25) is 0 Å². The molecule has 2 aromatic heterocycles. The lowest BCUT2D eigenvalue weighted by molar-refractivity contribution is 0.0977. The molecule has 4 rings (SSSR count). The molecule has 6 nitrogen and oxygen atoms in total. The quantitative estimate of drug-likeness (QED) is 0.493. The number of amides is 1. The number of fused-ring (bicyclic) bond motifs is 1. The van der Waals surface area contributed by atoms with Crippen molar-refractivity contribution in [2.75, 3.05) is 5.32 Å². The second-order valence-electron chi connectivity index (χ2n) is 6.32. The summed E-state index contributed by atoms with van der Waals surface area (Å²) in [4.78, 5) is 16.6. The zero-order valence-corrected chi connectivity index (χ0v) is 16.2. The van der Waals surface area contributed by atoms with E-state index in [9.17, 15) is 4.79 Å². The number of benzene rings is 2. The molecule has 2 heterocycles. The average Bonchev–Trinajstić information content (AvgIpc) is 3.21. The number of hydrogen-bond acceptors (Lipinski definition) is 4. The van der Waals surface area contributed by atoms with E-state index in [2.05, 4.69) is 15.6 Å². The molecule has 0 saturated heterocycles. The Morgan fingerprint density at radius 1 is 1.07 bits per heavy atom. The van der Waals surface area contributed by atoms with E-state index in [1.165, 1.54) is 0 Å². The Kier molecular flexibility index (Phi) is 5.49. The van der Waals surface area contributed by atoms with E-state index in [4.69, 9.17) is 17.0 Å². The van der Waals surface area contributed by atoms with Crippen molar-refractivity contribution >= 4 is 34.6 Å². The summed E-state index contributed by atoms with van der Waals surface area (Å²) in [5.41, 5.74) is 3.07. The number of ether oxygens (including phenoxy) is 1. The van der Waals surface area contributed by atoms with Crippen LogP contribution in [0.15, 0.2) is 85.3 Å². The van der Waals surface area contributed by atoms with Crippen molar-refractivity contribution in [2.24, 2.45) is 0 Å². The first-order valence-corrected chi connectivity index (χ1v) is 9.40. The van der Waals surface area contributed by atoms with Crippen molar-refractivity contribution in [1.29, 1.82) is 0 Å². The van der Waals surface area contributed by atoms with Crippen LogP contribution in [0, 0.1) is 0 Å². The summed E-state index contributed by atoms with van der Waals surface area (Å²) >= 11 is 5.27. The number of hydrogen-bond donors (Lipinski definition) is 2. The molecule has 29 heavy (non-hydrogen) atoms. The lowest BCUT2D eigenvalue weighted by Crippen LogP contribution is -2.34. The first kappa shape index (κ1) is 18.6. The predicted molar refractivity (Wildman–Crippen MR) is 116 cm³/mol. The average molecular weight is 402 g/mol. The summed E-state index contributed by atoms with van der Waals surface area (Å²) in [6, 6.07) is 20.8. The molecule has 4 aromatic rings. The minimum atomic E-state index is -0.297. The maximum Gasteiger partial charge on any atom is 0.258 e. The second-order valence-corrected chi connectivity index (χ2v) is 6.73. The largest absolute Gasteiger partial charge is 0.489 e. The Bertz CT molecular complexity index is 1160. The SMILES string of the molecule is O=C(NC(=S)Nc1cccc(OCc2ccccc2)c1)c1ccc2nccn2c1. The van der Waals surface area contributed by atoms with E-state index in [0.29, 0.717) is 17.9 Å². The van der Waals surface area contributed by atoms with Crippen LogP contribution in [0.1, 0.15) is 15.9 Å². The number of nitrogens with zero attached hydrogens (tertiary/aromatic N) is 2. The fourth-order valence-electron chi connectivity index (χ4n) is 2.80. The summed E-state index contributed by atoms with van der Waals surface area (Å²) in [5, 5.41) is 5.91. The Morgan fingerprint density at radius 3 is 2.79 bits per heavy atom. The van der Waals surface area contributed by atoms with Crippen molar-refractivity contribution in [1.82, 2.24) is 14.7 Å². The molecule has 0 aliphatic carbocycles. The Labute approximate surface area is 173 Å². The molecular formula is C22H18N4O2S. The first-order chi connectivity index (χ1) is 14.2. The minimum absolute atomic E-state index is 0.209. The van der Waals surface area contributed by atoms with Gasteiger partial charge in [-0.1, -0.05) is 36.4 Å². The number of carbonyl (C=O) groups excluding carboxylic acids is 1. The van der Waals surface area contributed by atoms with Gasteiger partial charge in [-0.25, -0.2) is 4.98 Å². The molecule has 0 aliphatic heterocycles. The fourth-order valence-corrected chi connectivity index (χ4v) is 3.01. The van der Waals surface area contributed by atoms with E-state index in [0.717, 1.165) is 16.9 Å². The number of carbonyl (C=O) groups is 1. The summed E-state index contributed by atoms with van der Waals surface area (Å²) in [5.74, 6) is 0.410. The minimum Gasteiger partial charge on any atom is -0.489 e. The lowest BCUT2D eigenvalue weighted by atomic mass is 10.2. The third-order valence-corrected chi connectivity index (χ3v) is 4.42. The molecule has 0 spiro atoms. The Balaban J connectivity index is 1.35. The van der Waals surface area contributed by atoms with E-state index < -0.39 is 0 Å². The van der Waals surface area contributed by atoms with Crippen LogP contribution < -0.4 is 15.4 Å². The van der Waals surface area contributed by atoms with Crippen molar-refractivity contribution in [2.45, 2.75) is 6.61 Å². The topological polar surface area (TPSA) is 67.7 Å². The third kappa shape index (κ3) is 4.77. The van der Waals surface area contributed by atoms with Gasteiger partial charge in [-0.3, -0.25) is 10.1 Å². The van der Waals surface area contributed by atoms with Gasteiger partial charge in [0.15, 0.2) is 5.11 Å². The lowest BCUT2D eigenvalue weighted by Gasteiger charge is -2.12. The van der Waals surface area contributed by atoms with Crippen LogP contribution in [0.2, 0.25) is 0 Å². The first-order valence-electron chi connectivity index (χ1n) is 8.99. The highest BCUT2D eigenvalue weighted by Gasteiger charge is 2.09. The maximum atomic E-state index is 12.4. The predicted octanol–water partition coefficient (Wildman–Crippen LogP) is 4.04. The number of thiocarbonyl (C=S) groups is 1. The molecule has 0 atom stereocenters. The zero-order chi connectivity index (χ0) is 20.1. The van der Waals surface area contributed by atoms with Crippen LogP contribution in [-0.2, 0) is 6.61 Å². The van der Waals surface area contributed by atoms with E-state index in [1.807, 2.05) is 54.6 Å². The highest BCUT2D eigenvalue weighted by molar-refractivity contribution is 7.80. The van der Waals surface area contributed by atoms with Crippen molar-refractivity contribution in [3.05, 3.63) is 96.4 Å². The van der Waals surface area contributed by atoms with Gasteiger partial charge in [0, 0.05) is 30.3 Å². The van der Waals surface area contributed by atoms with Gasteiger partial charge in [-0.05, 0) is 42.0 Å². The van der Waals surface area contributed by atoms with Crippen LogP contribution in [-0.4, -0.2) is 20.4 Å². The Hall–Kier alpha value is -3.71. The monoisotopic (exact) mass is 402 g/mol. The maximum absolute atomic E-state index is 12.4. The Morgan fingerprint density at radius 2 is 1.93 bits per heavy atom. The molecule has 7 heteroatoms. The number of anilines is 1. The molecule has 144 valence electrons. The normalized spacial score (nSPS) is 10.5. The van der Waals surface area contributed by atoms with Crippen molar-refractivity contribution in [3.8, 4) is 5.75 Å². The molecule has 0 fully saturated rings. The molecule has 0 unspecified atom stereocenters. The van der Waals surface area contributed by atoms with Crippen molar-refractivity contribution in [3.63, 3.8) is 0 Å². The number of imidazole rings is 1. The number of pyridine rings is 1. The highest BCUT2D eigenvalue weighted by atomic mass is 32.1. The molecule has 0 radical (unpaired) electrons. The van der Waals surface area contributed by atoms with E-state index in [-0.39, 0.29) is 11.0 Å². The molecular weight excluding hydrogens is 384 g/mol. The highest BCUT2D eigenvalue weighted by Crippen LogP contribution is 2.18. The van der Waals surface area contributed by atoms with Gasteiger partial charge in [0.05, 0.1) is 5.56 Å². The standard InChI is InChI=1S/C22H18N4O2S/c27-21(17-9-10-20-23-11-12-26(20)14-17)25-22(29)24-18-7-4-8-19(13-18)28-15-16-5-2-1-3-6-16/h1-14H,15H2,(H2,24,25,27,29). The molecule has 2 N–H and O–H groups in total. The summed E-state index contributed by atoms with van der Waals surface area (Å²) in [6.45, 7) is 0.474. The number of rotatable bonds is 5. The van der Waals surface area contributed by atoms with Crippen LogP contribution >= 0.6 is 12.2 Å². The molecule has 2 aromatic carbocycles. The van der Waals surface area contributed by atoms with Gasteiger partial charge in [-0.2, -0.15) is 0 Å². The van der Waals surface area contributed by atoms with E-state index in [1.54, 1.807) is 35.1 Å². The number of nitrogens with one attached hydrogen (secondary N) is 2. The summed E-state index contributed by atoms with van der Waals surface area (Å²) in [6.07, 6.45) is 5.16. The van der Waals surface area contributed by atoms with Crippen LogP contribution in [0.3, 0.4) is 0 Å². The molecule has 0 aliphatic rings. The van der Waals surface area contributed by atoms with Gasteiger partial charge in [0.1, 0.15) is 18.0 Å². The molecule has 0 saturated carbocycles. The summed E-state index contributed by atoms with van der Waals surface area (Å²) in [7, 11) is 0. The van der Waals surface area contributed by atoms with Crippen LogP contribution in [0.5, 0.6) is 5.75 Å². The molecule has 0 bridgehead atoms. The fraction of sp³-hybridized carbons (Fsp3) is 0.0455. The van der Waals surface area contributed by atoms with Gasteiger partial charge in [-0.15, -0.1) is 0 Å². The molecule has 1 amide bonds. The van der Waals surface area contributed by atoms with Crippen molar-refractivity contribution < 1.29 is 9.53 Å². The van der Waals surface area contributed by atoms with Gasteiger partial charge >= 0.3 is 0 Å². The van der Waals surface area contributed by atoms with Gasteiger partial charge in [0.25, 0.3) is 5.91 Å². The second kappa shape index (κ2) is 8.53. The smallest absolute Gasteiger partial charge is 0.258 e. The van der Waals surface area contributed by atoms with Crippen LogP contribution in [0.25, 0.3) is 5.65 Å². The van der Waals surface area contributed by atoms with E-state index >= 15 is 0 Å². The zero-order valence-electron chi connectivity index (χ0n) is 15.4. The summed E-state index contributed by atoms with van der Waals surface area (Å²) < 4.78 is 7.60. The number of aromatic nitrogens is 2. The van der Waals surface area contributed by atoms with Gasteiger partial charge < -0.3 is 14.5 Å². The van der Waals surface area contributed by atoms with Crippen LogP contribution in [0.4, 0.5) is 5.69 Å².